The number of aryl methyl sites for hydroxylation is 1. The third-order valence-electron chi connectivity index (χ3n) is 2.73. The van der Waals surface area contributed by atoms with Gasteiger partial charge < -0.3 is 10.4 Å². The smallest absolute Gasteiger partial charge is 0.335 e. The van der Waals surface area contributed by atoms with E-state index in [1.165, 1.54) is 12.1 Å². The Morgan fingerprint density at radius 2 is 2.05 bits per heavy atom. The summed E-state index contributed by atoms with van der Waals surface area (Å²) in [5.41, 5.74) is 1.96. The summed E-state index contributed by atoms with van der Waals surface area (Å²) in [4.78, 5) is 22.5. The zero-order valence-corrected chi connectivity index (χ0v) is 12.8. The van der Waals surface area contributed by atoms with Crippen LogP contribution in [0, 0.1) is 0 Å². The van der Waals surface area contributed by atoms with Gasteiger partial charge in [-0.3, -0.25) is 9.48 Å². The highest BCUT2D eigenvalue weighted by molar-refractivity contribution is 6.02. The fourth-order valence-electron chi connectivity index (χ4n) is 1.77. The van der Waals surface area contributed by atoms with E-state index in [2.05, 4.69) is 17.0 Å². The summed E-state index contributed by atoms with van der Waals surface area (Å²) in [6, 6.07) is 4.48. The number of carboxylic acid groups (broad SMARTS) is 1. The van der Waals surface area contributed by atoms with E-state index in [-0.39, 0.29) is 11.5 Å². The minimum Gasteiger partial charge on any atom is -0.478 e. The Labute approximate surface area is 129 Å². The predicted molar refractivity (Wildman–Crippen MR) is 85.8 cm³/mol. The van der Waals surface area contributed by atoms with Gasteiger partial charge in [0.05, 0.1) is 11.8 Å². The zero-order valence-electron chi connectivity index (χ0n) is 12.8. The lowest BCUT2D eigenvalue weighted by Gasteiger charge is -2.09. The maximum atomic E-state index is 11.4. The number of hydrogen-bond acceptors (Lipinski definition) is 3. The van der Waals surface area contributed by atoms with Crippen LogP contribution in [-0.2, 0) is 11.8 Å². The Kier molecular flexibility index (Phi) is 6.07. The van der Waals surface area contributed by atoms with E-state index in [0.29, 0.717) is 11.3 Å². The molecule has 0 unspecified atom stereocenters. The molecule has 0 atom stereocenters. The van der Waals surface area contributed by atoms with Crippen LogP contribution in [0.5, 0.6) is 0 Å². The molecule has 0 radical (unpaired) electrons. The number of amides is 1. The van der Waals surface area contributed by atoms with Gasteiger partial charge in [-0.15, -0.1) is 0 Å². The molecule has 22 heavy (non-hydrogen) atoms. The third-order valence-corrected chi connectivity index (χ3v) is 2.73. The molecule has 0 aliphatic rings. The van der Waals surface area contributed by atoms with Gasteiger partial charge in [-0.1, -0.05) is 20.4 Å². The Hall–Kier alpha value is -2.89. The van der Waals surface area contributed by atoms with Crippen LogP contribution in [0.2, 0.25) is 0 Å². The number of anilines is 1. The van der Waals surface area contributed by atoms with E-state index in [9.17, 15) is 9.59 Å². The minimum absolute atomic E-state index is 0.139. The molecule has 1 amide bonds. The molecule has 2 aromatic rings. The van der Waals surface area contributed by atoms with Crippen molar-refractivity contribution in [1.82, 2.24) is 9.78 Å². The molecule has 0 saturated heterocycles. The first-order valence-corrected chi connectivity index (χ1v) is 6.81. The molecule has 0 bridgehead atoms. The fraction of sp³-hybridized carbons (Fsp3) is 0.188. The molecule has 2 N–H and O–H groups in total. The molecule has 6 heteroatoms. The molecule has 6 nitrogen and oxygen atoms in total. The first-order chi connectivity index (χ1) is 10.5. The average molecular weight is 301 g/mol. The second-order valence-corrected chi connectivity index (χ2v) is 4.16. The van der Waals surface area contributed by atoms with Gasteiger partial charge in [0.2, 0.25) is 5.91 Å². The van der Waals surface area contributed by atoms with Crippen molar-refractivity contribution < 1.29 is 14.7 Å². The summed E-state index contributed by atoms with van der Waals surface area (Å²) in [7, 11) is 1.76. The monoisotopic (exact) mass is 301 g/mol. The Bertz CT molecular complexity index is 690. The minimum atomic E-state index is -1.03. The van der Waals surface area contributed by atoms with Crippen molar-refractivity contribution in [2.75, 3.05) is 5.32 Å². The van der Waals surface area contributed by atoms with E-state index in [1.54, 1.807) is 30.2 Å². The number of nitrogens with zero attached hydrogens (tertiary/aromatic N) is 2. The number of carbonyl (C=O) groups is 2. The van der Waals surface area contributed by atoms with Gasteiger partial charge in [0.15, 0.2) is 0 Å². The number of rotatable bonds is 4. The van der Waals surface area contributed by atoms with Gasteiger partial charge in [-0.25, -0.2) is 4.79 Å². The van der Waals surface area contributed by atoms with Crippen molar-refractivity contribution in [3.05, 3.63) is 48.8 Å². The van der Waals surface area contributed by atoms with Crippen molar-refractivity contribution in [3.8, 4) is 11.1 Å². The molecule has 0 aliphatic carbocycles. The summed E-state index contributed by atoms with van der Waals surface area (Å²) in [6.07, 6.45) is 4.49. The maximum absolute atomic E-state index is 11.4. The molecule has 0 aliphatic heterocycles. The van der Waals surface area contributed by atoms with Crippen LogP contribution in [0.3, 0.4) is 0 Å². The van der Waals surface area contributed by atoms with E-state index >= 15 is 0 Å². The molecule has 0 fully saturated rings. The van der Waals surface area contributed by atoms with Crippen molar-refractivity contribution >= 4 is 17.6 Å². The molecular formula is C16H19N3O3. The predicted octanol–water partition coefficient (Wildman–Crippen LogP) is 2.94. The molecule has 0 saturated carbocycles. The summed E-state index contributed by atoms with van der Waals surface area (Å²) in [5, 5.41) is 15.7. The topological polar surface area (TPSA) is 84.2 Å². The fourth-order valence-corrected chi connectivity index (χ4v) is 1.77. The molecular weight excluding hydrogens is 282 g/mol. The first kappa shape index (κ1) is 17.2. The first-order valence-electron chi connectivity index (χ1n) is 6.81. The van der Waals surface area contributed by atoms with Crippen LogP contribution in [-0.4, -0.2) is 26.8 Å². The van der Waals surface area contributed by atoms with E-state index in [0.717, 1.165) is 11.6 Å². The van der Waals surface area contributed by atoms with Gasteiger partial charge in [0, 0.05) is 30.1 Å². The van der Waals surface area contributed by atoms with Gasteiger partial charge in [-0.2, -0.15) is 5.10 Å². The van der Waals surface area contributed by atoms with Crippen molar-refractivity contribution in [2.24, 2.45) is 7.05 Å². The number of hydrogen-bond donors (Lipinski definition) is 2. The number of nitrogens with one attached hydrogen (secondary N) is 1. The number of carbonyl (C=O) groups excluding carboxylic acids is 1. The normalized spacial score (nSPS) is 9.41. The zero-order chi connectivity index (χ0) is 16.7. The van der Waals surface area contributed by atoms with Crippen LogP contribution in [0.25, 0.3) is 11.1 Å². The lowest BCUT2D eigenvalue weighted by molar-refractivity contribution is -0.111. The van der Waals surface area contributed by atoms with Gasteiger partial charge >= 0.3 is 5.97 Å². The highest BCUT2D eigenvalue weighted by Gasteiger charge is 2.12. The van der Waals surface area contributed by atoms with Crippen molar-refractivity contribution in [2.45, 2.75) is 13.8 Å². The summed E-state index contributed by atoms with van der Waals surface area (Å²) >= 11 is 0. The van der Waals surface area contributed by atoms with Gasteiger partial charge in [0.1, 0.15) is 0 Å². The lowest BCUT2D eigenvalue weighted by Crippen LogP contribution is -2.09. The summed E-state index contributed by atoms with van der Waals surface area (Å²) < 4.78 is 1.60. The van der Waals surface area contributed by atoms with E-state index < -0.39 is 5.97 Å². The molecule has 2 rings (SSSR count). The summed E-state index contributed by atoms with van der Waals surface area (Å²) in [6.45, 7) is 7.39. The third kappa shape index (κ3) is 4.05. The van der Waals surface area contributed by atoms with Crippen LogP contribution in [0.4, 0.5) is 5.69 Å². The van der Waals surface area contributed by atoms with Crippen LogP contribution in [0.15, 0.2) is 43.2 Å². The average Bonchev–Trinajstić information content (AvgIpc) is 2.95. The Balaban J connectivity index is 0.00000116. The molecule has 1 aromatic heterocycles. The number of aromatic carboxylic acids is 1. The Morgan fingerprint density at radius 3 is 2.55 bits per heavy atom. The van der Waals surface area contributed by atoms with Crippen LogP contribution < -0.4 is 5.32 Å². The maximum Gasteiger partial charge on any atom is 0.335 e. The van der Waals surface area contributed by atoms with E-state index in [4.69, 9.17) is 5.11 Å². The van der Waals surface area contributed by atoms with Crippen molar-refractivity contribution in [3.63, 3.8) is 0 Å². The Morgan fingerprint density at radius 1 is 1.36 bits per heavy atom. The van der Waals surface area contributed by atoms with E-state index in [1.807, 2.05) is 13.8 Å². The number of carboxylic acids is 1. The second-order valence-electron chi connectivity index (χ2n) is 4.16. The van der Waals surface area contributed by atoms with Gasteiger partial charge in [0.25, 0.3) is 0 Å². The van der Waals surface area contributed by atoms with Crippen LogP contribution in [0.1, 0.15) is 24.2 Å². The quantitative estimate of drug-likeness (QED) is 0.850. The number of aromatic nitrogens is 2. The van der Waals surface area contributed by atoms with Crippen molar-refractivity contribution in [1.29, 1.82) is 0 Å². The highest BCUT2D eigenvalue weighted by Crippen LogP contribution is 2.29. The summed E-state index contributed by atoms with van der Waals surface area (Å²) in [5.74, 6) is -1.39. The van der Waals surface area contributed by atoms with Crippen LogP contribution >= 0.6 is 0 Å². The largest absolute Gasteiger partial charge is 0.478 e. The highest BCUT2D eigenvalue weighted by atomic mass is 16.4. The molecule has 116 valence electrons. The molecule has 1 heterocycles. The molecule has 0 spiro atoms. The SMILES string of the molecule is C=CC(=O)Nc1ccc(C(=O)O)cc1-c1cnn(C)c1.CC. The number of benzene rings is 1. The standard InChI is InChI=1S/C14H13N3O3.C2H6/c1-3-13(18)16-12-5-4-9(14(19)20)6-11(12)10-7-15-17(2)8-10;1-2/h3-8H,1H2,2H3,(H,16,18)(H,19,20);1-2H3. The molecule has 1 aromatic carbocycles. The van der Waals surface area contributed by atoms with Gasteiger partial charge in [-0.05, 0) is 24.3 Å². The lowest BCUT2D eigenvalue weighted by atomic mass is 10.0. The second kappa shape index (κ2) is 7.78.